The van der Waals surface area contributed by atoms with Gasteiger partial charge in [0, 0.05) is 18.8 Å². The molecule has 3 heterocycles. The van der Waals surface area contributed by atoms with Crippen LogP contribution in [0.15, 0.2) is 97.6 Å². The van der Waals surface area contributed by atoms with E-state index in [1.807, 2.05) is 42.5 Å². The van der Waals surface area contributed by atoms with Gasteiger partial charge >= 0.3 is 5.97 Å². The van der Waals surface area contributed by atoms with E-state index in [4.69, 9.17) is 26.8 Å². The number of aromatic nitrogens is 5. The molecule has 0 bridgehead atoms. The fourth-order valence-corrected chi connectivity index (χ4v) is 4.99. The van der Waals surface area contributed by atoms with Crippen LogP contribution in [-0.4, -0.2) is 58.7 Å². The van der Waals surface area contributed by atoms with Crippen LogP contribution in [0, 0.1) is 5.82 Å². The highest BCUT2D eigenvalue weighted by Gasteiger charge is 2.26. The molecular formula is C34H27BFN5O5. The lowest BCUT2D eigenvalue weighted by Gasteiger charge is -2.19. The largest absolute Gasteiger partial charge is 0.496 e. The average Bonchev–Trinajstić information content (AvgIpc) is 3.44. The Morgan fingerprint density at radius 2 is 1.70 bits per heavy atom. The summed E-state index contributed by atoms with van der Waals surface area (Å²) in [6, 6.07) is 22.5. The second-order valence-corrected chi connectivity index (χ2v) is 10.1. The molecule has 0 saturated heterocycles. The van der Waals surface area contributed by atoms with E-state index in [1.165, 1.54) is 30.1 Å². The van der Waals surface area contributed by atoms with E-state index >= 15 is 0 Å². The van der Waals surface area contributed by atoms with Crippen molar-refractivity contribution in [2.75, 3.05) is 14.2 Å². The minimum absolute atomic E-state index is 0.0829. The van der Waals surface area contributed by atoms with Gasteiger partial charge in [-0.05, 0) is 53.1 Å². The molecule has 0 spiro atoms. The number of rotatable bonds is 11. The molecule has 46 heavy (non-hydrogen) atoms. The first-order chi connectivity index (χ1) is 22.4. The zero-order valence-electron chi connectivity index (χ0n) is 25.0. The molecular weight excluding hydrogens is 588 g/mol. The number of nitrogens with zero attached hydrogens (tertiary/aromatic N) is 5. The van der Waals surface area contributed by atoms with Gasteiger partial charge in [0.25, 0.3) is 0 Å². The normalized spacial score (nSPS) is 11.6. The lowest BCUT2D eigenvalue weighted by Crippen LogP contribution is -2.32. The standard InChI is InChI=1S/C34H27BFN5O5/c1-43-28-10-6-4-8-25(28)32-37-16-15-24(40-32)19-45-27-9-5-3-7-22(27)17-29(34(42)44-2)46-33-31-30(35)26(18-41(31)39-20-38-33)21-11-13-23(36)14-12-21/h3-16,18,20,29H,17,19H2,1-2H3/t29-/m1/s1. The summed E-state index contributed by atoms with van der Waals surface area (Å²) in [5.74, 6) is 0.803. The van der Waals surface area contributed by atoms with Crippen molar-refractivity contribution in [1.82, 2.24) is 24.6 Å². The molecule has 2 radical (unpaired) electrons. The molecule has 10 nitrogen and oxygen atoms in total. The van der Waals surface area contributed by atoms with Gasteiger partial charge in [0.2, 0.25) is 12.0 Å². The number of hydrogen-bond acceptors (Lipinski definition) is 9. The summed E-state index contributed by atoms with van der Waals surface area (Å²) in [6.45, 7) is 0.144. The zero-order valence-corrected chi connectivity index (χ0v) is 25.0. The molecule has 6 aromatic rings. The molecule has 0 amide bonds. The quantitative estimate of drug-likeness (QED) is 0.153. The third kappa shape index (κ3) is 6.36. The number of esters is 1. The Morgan fingerprint density at radius 3 is 2.48 bits per heavy atom. The monoisotopic (exact) mass is 615 g/mol. The molecule has 0 aliphatic carbocycles. The fourth-order valence-electron chi connectivity index (χ4n) is 4.99. The summed E-state index contributed by atoms with van der Waals surface area (Å²) in [4.78, 5) is 26.3. The van der Waals surface area contributed by atoms with Gasteiger partial charge in [-0.15, -0.1) is 0 Å². The van der Waals surface area contributed by atoms with Crippen molar-refractivity contribution in [1.29, 1.82) is 0 Å². The Bertz CT molecular complexity index is 2000. The Kier molecular flexibility index (Phi) is 8.86. The van der Waals surface area contributed by atoms with Crippen molar-refractivity contribution in [3.63, 3.8) is 0 Å². The number of ether oxygens (including phenoxy) is 4. The van der Waals surface area contributed by atoms with Crippen LogP contribution < -0.4 is 19.7 Å². The molecule has 0 aliphatic rings. The Hall–Kier alpha value is -5.78. The summed E-state index contributed by atoms with van der Waals surface area (Å²) < 4.78 is 37.9. The van der Waals surface area contributed by atoms with Crippen molar-refractivity contribution in [2.24, 2.45) is 0 Å². The number of para-hydroxylation sites is 2. The van der Waals surface area contributed by atoms with Gasteiger partial charge in [-0.25, -0.2) is 23.7 Å². The van der Waals surface area contributed by atoms with Crippen molar-refractivity contribution in [3.8, 4) is 39.9 Å². The van der Waals surface area contributed by atoms with Crippen LogP contribution in [-0.2, 0) is 22.6 Å². The van der Waals surface area contributed by atoms with Gasteiger partial charge in [-0.1, -0.05) is 47.9 Å². The van der Waals surface area contributed by atoms with Gasteiger partial charge in [0.05, 0.1) is 25.5 Å². The first-order valence-electron chi connectivity index (χ1n) is 14.2. The predicted molar refractivity (Wildman–Crippen MR) is 169 cm³/mol. The van der Waals surface area contributed by atoms with E-state index in [1.54, 1.807) is 43.8 Å². The molecule has 0 fully saturated rings. The minimum atomic E-state index is -1.10. The Balaban J connectivity index is 1.24. The molecule has 0 aliphatic heterocycles. The van der Waals surface area contributed by atoms with E-state index in [-0.39, 0.29) is 24.7 Å². The Labute approximate surface area is 265 Å². The first kappa shape index (κ1) is 30.3. The van der Waals surface area contributed by atoms with Gasteiger partial charge < -0.3 is 18.9 Å². The molecule has 0 saturated carbocycles. The molecule has 3 aromatic heterocycles. The fraction of sp³-hybridized carbons (Fsp3) is 0.147. The van der Waals surface area contributed by atoms with Crippen LogP contribution in [0.4, 0.5) is 4.39 Å². The Morgan fingerprint density at radius 1 is 0.935 bits per heavy atom. The van der Waals surface area contributed by atoms with E-state index in [0.717, 1.165) is 5.56 Å². The summed E-state index contributed by atoms with van der Waals surface area (Å²) in [5, 5.41) is 4.24. The highest BCUT2D eigenvalue weighted by molar-refractivity contribution is 6.41. The highest BCUT2D eigenvalue weighted by atomic mass is 19.1. The maximum Gasteiger partial charge on any atom is 0.347 e. The number of carbonyl (C=O) groups excluding carboxylic acids is 1. The smallest absolute Gasteiger partial charge is 0.347 e. The van der Waals surface area contributed by atoms with Crippen molar-refractivity contribution in [3.05, 3.63) is 115 Å². The third-order valence-electron chi connectivity index (χ3n) is 7.27. The van der Waals surface area contributed by atoms with Gasteiger partial charge in [-0.3, -0.25) is 0 Å². The lowest BCUT2D eigenvalue weighted by atomic mass is 9.89. The predicted octanol–water partition coefficient (Wildman–Crippen LogP) is 4.54. The van der Waals surface area contributed by atoms with Gasteiger partial charge in [0.15, 0.2) is 5.82 Å². The maximum atomic E-state index is 13.5. The lowest BCUT2D eigenvalue weighted by molar-refractivity contribution is -0.148. The van der Waals surface area contributed by atoms with E-state index in [0.29, 0.717) is 50.7 Å². The van der Waals surface area contributed by atoms with Crippen LogP contribution >= 0.6 is 0 Å². The van der Waals surface area contributed by atoms with E-state index < -0.39 is 12.1 Å². The highest BCUT2D eigenvalue weighted by Crippen LogP contribution is 2.28. The number of hydrogen-bond donors (Lipinski definition) is 0. The first-order valence-corrected chi connectivity index (χ1v) is 14.2. The molecule has 0 unspecified atom stereocenters. The summed E-state index contributed by atoms with van der Waals surface area (Å²) in [6.07, 6.45) is 3.64. The number of fused-ring (bicyclic) bond motifs is 1. The summed E-state index contributed by atoms with van der Waals surface area (Å²) in [7, 11) is 9.38. The second kappa shape index (κ2) is 13.5. The van der Waals surface area contributed by atoms with Crippen molar-refractivity contribution < 1.29 is 28.1 Å². The topological polar surface area (TPSA) is 110 Å². The average molecular weight is 615 g/mol. The minimum Gasteiger partial charge on any atom is -0.496 e. The van der Waals surface area contributed by atoms with Crippen LogP contribution in [0.25, 0.3) is 28.0 Å². The van der Waals surface area contributed by atoms with E-state index in [2.05, 4.69) is 20.1 Å². The summed E-state index contributed by atoms with van der Waals surface area (Å²) >= 11 is 0. The van der Waals surface area contributed by atoms with Crippen LogP contribution in [0.5, 0.6) is 17.4 Å². The molecule has 3 aromatic carbocycles. The second-order valence-electron chi connectivity index (χ2n) is 10.1. The third-order valence-corrected chi connectivity index (χ3v) is 7.27. The van der Waals surface area contributed by atoms with Crippen LogP contribution in [0.3, 0.4) is 0 Å². The SMILES string of the molecule is [B]c1c(-c2ccc(F)cc2)cn2ncnc(O[C@H](Cc3ccccc3OCc3ccnc(-c4ccccc4OC)n3)C(=O)OC)c12. The molecule has 12 heteroatoms. The van der Waals surface area contributed by atoms with Crippen LogP contribution in [0.2, 0.25) is 0 Å². The van der Waals surface area contributed by atoms with E-state index in [9.17, 15) is 9.18 Å². The van der Waals surface area contributed by atoms with Gasteiger partial charge in [-0.2, -0.15) is 10.1 Å². The van der Waals surface area contributed by atoms with Gasteiger partial charge in [0.1, 0.15) is 43.6 Å². The van der Waals surface area contributed by atoms with Crippen molar-refractivity contribution in [2.45, 2.75) is 19.1 Å². The number of carbonyl (C=O) groups is 1. The maximum absolute atomic E-state index is 13.5. The molecule has 228 valence electrons. The molecule has 1 atom stereocenters. The number of methoxy groups -OCH3 is 2. The molecule has 6 rings (SSSR count). The molecule has 0 N–H and O–H groups in total. The summed E-state index contributed by atoms with van der Waals surface area (Å²) in [5.41, 5.74) is 4.06. The van der Waals surface area contributed by atoms with Crippen molar-refractivity contribution >= 4 is 24.8 Å². The van der Waals surface area contributed by atoms with Crippen LogP contribution in [0.1, 0.15) is 11.3 Å². The zero-order chi connectivity index (χ0) is 32.0. The number of halogens is 1. The number of benzene rings is 3.